The Morgan fingerprint density at radius 2 is 0.564 bits per heavy atom. The van der Waals surface area contributed by atoms with E-state index in [2.05, 4.69) is 18.2 Å². The first-order valence-electron chi connectivity index (χ1n) is 12.9. The van der Waals surface area contributed by atoms with Crippen molar-refractivity contribution in [2.75, 3.05) is 0 Å². The summed E-state index contributed by atoms with van der Waals surface area (Å²) in [4.78, 5) is 33.4. The lowest BCUT2D eigenvalue weighted by atomic mass is 9.94. The molecule has 0 fully saturated rings. The molecule has 6 heteroatoms. The van der Waals surface area contributed by atoms with Crippen LogP contribution in [-0.4, -0.2) is 33.2 Å². The number of carboxylic acid groups (broad SMARTS) is 3. The number of aromatic carboxylic acids is 3. The van der Waals surface area contributed by atoms with E-state index < -0.39 is 17.9 Å². The van der Waals surface area contributed by atoms with Gasteiger partial charge in [-0.25, -0.2) is 14.4 Å². The highest BCUT2D eigenvalue weighted by Crippen LogP contribution is 2.19. The van der Waals surface area contributed by atoms with Gasteiger partial charge in [0.15, 0.2) is 0 Å². The van der Waals surface area contributed by atoms with E-state index in [9.17, 15) is 14.4 Å². The van der Waals surface area contributed by atoms with Crippen molar-refractivity contribution < 1.29 is 29.7 Å². The molecule has 0 unspecified atom stereocenters. The predicted molar refractivity (Wildman–Crippen MR) is 149 cm³/mol. The van der Waals surface area contributed by atoms with Crippen molar-refractivity contribution in [1.29, 1.82) is 0 Å². The molecule has 0 atom stereocenters. The number of hydrogen-bond acceptors (Lipinski definition) is 3. The Bertz CT molecular complexity index is 1260. The van der Waals surface area contributed by atoms with Crippen molar-refractivity contribution in [3.05, 3.63) is 141 Å². The van der Waals surface area contributed by atoms with Gasteiger partial charge in [-0.1, -0.05) is 54.6 Å². The Balaban J connectivity index is 1.48. The Morgan fingerprint density at radius 3 is 0.769 bits per heavy atom. The zero-order chi connectivity index (χ0) is 27.8. The molecule has 0 spiro atoms. The maximum atomic E-state index is 11.1. The molecule has 4 aromatic carbocycles. The molecule has 0 aliphatic heterocycles. The third-order valence-corrected chi connectivity index (χ3v) is 6.82. The van der Waals surface area contributed by atoms with Crippen LogP contribution in [-0.2, 0) is 38.5 Å². The van der Waals surface area contributed by atoms with Crippen LogP contribution in [0.15, 0.2) is 91.0 Å². The average molecular weight is 523 g/mol. The summed E-state index contributed by atoms with van der Waals surface area (Å²) < 4.78 is 0. The van der Waals surface area contributed by atoms with Gasteiger partial charge >= 0.3 is 17.9 Å². The number of aryl methyl sites for hydroxylation is 6. The number of benzene rings is 4. The molecule has 0 heterocycles. The van der Waals surface area contributed by atoms with E-state index >= 15 is 0 Å². The van der Waals surface area contributed by atoms with Gasteiger partial charge in [-0.15, -0.1) is 0 Å². The van der Waals surface area contributed by atoms with Crippen molar-refractivity contribution in [3.63, 3.8) is 0 Å². The summed E-state index contributed by atoms with van der Waals surface area (Å²) in [6, 6.07) is 27.6. The fourth-order valence-corrected chi connectivity index (χ4v) is 4.58. The van der Waals surface area contributed by atoms with Gasteiger partial charge in [0.25, 0.3) is 0 Å². The molecule has 0 aliphatic rings. The third kappa shape index (κ3) is 7.89. The molecule has 0 radical (unpaired) electrons. The molecule has 0 saturated carbocycles. The highest BCUT2D eigenvalue weighted by atomic mass is 16.4. The van der Waals surface area contributed by atoms with Crippen LogP contribution < -0.4 is 0 Å². The monoisotopic (exact) mass is 522 g/mol. The minimum atomic E-state index is -0.936. The summed E-state index contributed by atoms with van der Waals surface area (Å²) in [5.74, 6) is -2.81. The summed E-state index contributed by atoms with van der Waals surface area (Å²) in [7, 11) is 0. The van der Waals surface area contributed by atoms with Gasteiger partial charge < -0.3 is 15.3 Å². The number of rotatable bonds is 12. The second kappa shape index (κ2) is 12.7. The minimum absolute atomic E-state index is 0.274. The van der Waals surface area contributed by atoms with E-state index in [1.165, 1.54) is 16.7 Å². The van der Waals surface area contributed by atoms with Crippen LogP contribution in [0.25, 0.3) is 0 Å². The van der Waals surface area contributed by atoms with Crippen LogP contribution in [0.2, 0.25) is 0 Å². The fraction of sp³-hybridized carbons (Fsp3) is 0.182. The van der Waals surface area contributed by atoms with E-state index in [1.54, 1.807) is 36.4 Å². The Labute approximate surface area is 227 Å². The number of carboxylic acids is 3. The minimum Gasteiger partial charge on any atom is -0.478 e. The van der Waals surface area contributed by atoms with E-state index in [0.717, 1.165) is 55.2 Å². The van der Waals surface area contributed by atoms with Gasteiger partial charge in [0, 0.05) is 0 Å². The van der Waals surface area contributed by atoms with E-state index in [4.69, 9.17) is 15.3 Å². The van der Waals surface area contributed by atoms with Crippen LogP contribution in [0, 0.1) is 0 Å². The third-order valence-electron chi connectivity index (χ3n) is 6.82. The van der Waals surface area contributed by atoms with Gasteiger partial charge in [-0.05, 0) is 108 Å². The van der Waals surface area contributed by atoms with E-state index in [-0.39, 0.29) is 16.7 Å². The largest absolute Gasteiger partial charge is 0.478 e. The average Bonchev–Trinajstić information content (AvgIpc) is 2.94. The van der Waals surface area contributed by atoms with Crippen LogP contribution in [0.1, 0.15) is 64.5 Å². The highest BCUT2D eigenvalue weighted by molar-refractivity contribution is 5.88. The molecule has 4 rings (SSSR count). The molecule has 0 saturated heterocycles. The second-order valence-corrected chi connectivity index (χ2v) is 9.66. The second-order valence-electron chi connectivity index (χ2n) is 9.66. The van der Waals surface area contributed by atoms with Crippen molar-refractivity contribution >= 4 is 17.9 Å². The van der Waals surface area contributed by atoms with Gasteiger partial charge in [0.1, 0.15) is 0 Å². The molecule has 0 aromatic heterocycles. The maximum Gasteiger partial charge on any atom is 0.335 e. The standard InChI is InChI=1S/C33H30O6/c34-31(35)28-13-7-22(8-14-28)1-4-25-19-26(5-2-23-9-15-29(16-10-23)32(36)37)21-27(20-25)6-3-24-11-17-30(18-12-24)33(38)39/h7-21H,1-6H2,(H,34,35)(H,36,37)(H,38,39). The molecule has 0 aliphatic carbocycles. The number of hydrogen-bond donors (Lipinski definition) is 3. The van der Waals surface area contributed by atoms with Crippen LogP contribution >= 0.6 is 0 Å². The molecule has 0 bridgehead atoms. The Hall–Kier alpha value is -4.71. The summed E-state index contributed by atoms with van der Waals surface area (Å²) in [6.07, 6.45) is 4.80. The van der Waals surface area contributed by atoms with Crippen molar-refractivity contribution in [2.24, 2.45) is 0 Å². The number of carbonyl (C=O) groups is 3. The van der Waals surface area contributed by atoms with Gasteiger partial charge in [0.05, 0.1) is 16.7 Å². The Kier molecular flexibility index (Phi) is 8.90. The first-order valence-corrected chi connectivity index (χ1v) is 12.9. The molecule has 3 N–H and O–H groups in total. The summed E-state index contributed by atoms with van der Waals surface area (Å²) in [5.41, 5.74) is 7.64. The topological polar surface area (TPSA) is 112 Å². The normalized spacial score (nSPS) is 10.8. The zero-order valence-corrected chi connectivity index (χ0v) is 21.5. The van der Waals surface area contributed by atoms with E-state index in [0.29, 0.717) is 0 Å². The van der Waals surface area contributed by atoms with Gasteiger partial charge in [-0.3, -0.25) is 0 Å². The van der Waals surface area contributed by atoms with Gasteiger partial charge in [0.2, 0.25) is 0 Å². The van der Waals surface area contributed by atoms with Crippen LogP contribution in [0.5, 0.6) is 0 Å². The molecule has 0 amide bonds. The Morgan fingerprint density at radius 1 is 0.359 bits per heavy atom. The molecular formula is C33H30O6. The van der Waals surface area contributed by atoms with E-state index in [1.807, 2.05) is 36.4 Å². The fourth-order valence-electron chi connectivity index (χ4n) is 4.58. The molecular weight excluding hydrogens is 492 g/mol. The SMILES string of the molecule is O=C(O)c1ccc(CCc2cc(CCc3ccc(C(=O)O)cc3)cc(CCc3ccc(C(=O)O)cc3)c2)cc1. The summed E-state index contributed by atoms with van der Waals surface area (Å²) >= 11 is 0. The molecule has 6 nitrogen and oxygen atoms in total. The first-order chi connectivity index (χ1) is 18.8. The van der Waals surface area contributed by atoms with Crippen LogP contribution in [0.3, 0.4) is 0 Å². The summed E-state index contributed by atoms with van der Waals surface area (Å²) in [5, 5.41) is 27.4. The van der Waals surface area contributed by atoms with Crippen LogP contribution in [0.4, 0.5) is 0 Å². The van der Waals surface area contributed by atoms with Crippen molar-refractivity contribution in [2.45, 2.75) is 38.5 Å². The van der Waals surface area contributed by atoms with Crippen molar-refractivity contribution in [3.8, 4) is 0 Å². The lowest BCUT2D eigenvalue weighted by molar-refractivity contribution is 0.0686. The van der Waals surface area contributed by atoms with Crippen molar-refractivity contribution in [1.82, 2.24) is 0 Å². The molecule has 39 heavy (non-hydrogen) atoms. The maximum absolute atomic E-state index is 11.1. The molecule has 4 aromatic rings. The zero-order valence-electron chi connectivity index (χ0n) is 21.5. The summed E-state index contributed by atoms with van der Waals surface area (Å²) in [6.45, 7) is 0. The molecule has 198 valence electrons. The lowest BCUT2D eigenvalue weighted by Crippen LogP contribution is -2.01. The smallest absolute Gasteiger partial charge is 0.335 e. The highest BCUT2D eigenvalue weighted by Gasteiger charge is 2.08. The van der Waals surface area contributed by atoms with Gasteiger partial charge in [-0.2, -0.15) is 0 Å². The lowest BCUT2D eigenvalue weighted by Gasteiger charge is -2.11. The predicted octanol–water partition coefficient (Wildman–Crippen LogP) is 6.14. The quantitative estimate of drug-likeness (QED) is 0.206. The first kappa shape index (κ1) is 27.3.